The Morgan fingerprint density at radius 2 is 2.00 bits per heavy atom. The van der Waals surface area contributed by atoms with Crippen molar-refractivity contribution in [3.63, 3.8) is 0 Å². The zero-order valence-corrected chi connectivity index (χ0v) is 19.7. The molecule has 35 heavy (non-hydrogen) atoms. The van der Waals surface area contributed by atoms with Crippen LogP contribution in [-0.4, -0.2) is 39.6 Å². The van der Waals surface area contributed by atoms with Gasteiger partial charge in [0.25, 0.3) is 0 Å². The highest BCUT2D eigenvalue weighted by molar-refractivity contribution is 6.35. The van der Waals surface area contributed by atoms with Crippen LogP contribution in [0.25, 0.3) is 0 Å². The highest BCUT2D eigenvalue weighted by Gasteiger charge is 2.47. The fraction of sp³-hybridized carbons (Fsp3) is 0.444. The van der Waals surface area contributed by atoms with Gasteiger partial charge in [-0.2, -0.15) is 0 Å². The molecule has 5 rings (SSSR count). The maximum Gasteiger partial charge on any atom is 0.337 e. The van der Waals surface area contributed by atoms with Crippen LogP contribution in [0, 0.1) is 23.5 Å². The number of benzene rings is 2. The molecule has 2 saturated carbocycles. The number of carbonyl (C=O) groups is 1. The van der Waals surface area contributed by atoms with E-state index in [1.54, 1.807) is 18.2 Å². The van der Waals surface area contributed by atoms with Crippen molar-refractivity contribution in [2.75, 3.05) is 0 Å². The summed E-state index contributed by atoms with van der Waals surface area (Å²) in [4.78, 5) is 11.5. The lowest BCUT2D eigenvalue weighted by molar-refractivity contribution is 0.0586. The number of fused-ring (bicyclic) bond motifs is 2. The Labute approximate surface area is 207 Å². The van der Waals surface area contributed by atoms with Gasteiger partial charge in [-0.05, 0) is 48.9 Å². The summed E-state index contributed by atoms with van der Waals surface area (Å²) in [6.07, 6.45) is 5.04. The molecule has 3 N–H and O–H groups in total. The first-order valence-corrected chi connectivity index (χ1v) is 12.3. The lowest BCUT2D eigenvalue weighted by atomic mass is 9.60. The van der Waals surface area contributed by atoms with E-state index in [1.165, 1.54) is 18.2 Å². The van der Waals surface area contributed by atoms with Gasteiger partial charge in [0, 0.05) is 29.7 Å². The van der Waals surface area contributed by atoms with E-state index >= 15 is 0 Å². The third kappa shape index (κ3) is 4.13. The molecule has 0 radical (unpaired) electrons. The van der Waals surface area contributed by atoms with Crippen molar-refractivity contribution in [2.45, 2.75) is 62.3 Å². The number of aryl methyl sites for hydroxylation is 1. The number of hydrogen-bond donors (Lipinski definition) is 3. The predicted octanol–water partition coefficient (Wildman–Crippen LogP) is 5.05. The standard InChI is InChI=1S/C27H27ClF2O5/c28-24-18(26(33)34)6-3-14-2-5-17-16(21(31)13-22(17)35-25(14)24)7-9-23(32)27(10-1-11-27)19-8-4-15(29)12-20(19)30/h3-4,6-9,12,16-17,21-23,31-32H,1-2,5,10-11,13H2,(H,33,34)/b9-7+/t16-,17-,21-,22+,23?/m1/s1. The monoisotopic (exact) mass is 504 g/mol. The number of carboxylic acids is 1. The van der Waals surface area contributed by atoms with E-state index in [2.05, 4.69) is 0 Å². The van der Waals surface area contributed by atoms with Gasteiger partial charge in [0.1, 0.15) is 23.5 Å². The Morgan fingerprint density at radius 3 is 2.66 bits per heavy atom. The molecule has 2 aromatic carbocycles. The maximum absolute atomic E-state index is 14.6. The number of rotatable bonds is 5. The van der Waals surface area contributed by atoms with Gasteiger partial charge in [0.15, 0.2) is 0 Å². The van der Waals surface area contributed by atoms with E-state index in [1.807, 2.05) is 0 Å². The maximum atomic E-state index is 14.6. The highest BCUT2D eigenvalue weighted by Crippen LogP contribution is 2.49. The van der Waals surface area contributed by atoms with Crippen LogP contribution in [0.4, 0.5) is 8.78 Å². The van der Waals surface area contributed by atoms with Gasteiger partial charge < -0.3 is 20.1 Å². The number of carboxylic acid groups (broad SMARTS) is 1. The van der Waals surface area contributed by atoms with Crippen LogP contribution in [0.15, 0.2) is 42.5 Å². The molecule has 1 heterocycles. The fourth-order valence-electron chi connectivity index (χ4n) is 6.04. The average Bonchev–Trinajstić information content (AvgIpc) is 2.94. The van der Waals surface area contributed by atoms with Crippen molar-refractivity contribution in [3.05, 3.63) is 75.8 Å². The quantitative estimate of drug-likeness (QED) is 0.496. The van der Waals surface area contributed by atoms with Gasteiger partial charge >= 0.3 is 5.97 Å². The lowest BCUT2D eigenvalue weighted by Gasteiger charge is -2.45. The highest BCUT2D eigenvalue weighted by atomic mass is 35.5. The molecule has 0 saturated heterocycles. The van der Waals surface area contributed by atoms with Gasteiger partial charge in [-0.1, -0.05) is 42.3 Å². The summed E-state index contributed by atoms with van der Waals surface area (Å²) in [5.41, 5.74) is 0.297. The largest absolute Gasteiger partial charge is 0.488 e. The molecule has 3 aliphatic rings. The number of aliphatic hydroxyl groups excluding tert-OH is 2. The molecule has 2 fully saturated rings. The zero-order valence-electron chi connectivity index (χ0n) is 19.0. The second-order valence-corrected chi connectivity index (χ2v) is 10.3. The first kappa shape index (κ1) is 24.2. The minimum absolute atomic E-state index is 0.0270. The summed E-state index contributed by atoms with van der Waals surface area (Å²) in [5, 5.41) is 31.3. The molecule has 1 aliphatic heterocycles. The SMILES string of the molecule is O=C(O)c1ccc2c(c1Cl)O[C@H]1C[C@@H](O)[C@H](/C=C/C(O)C3(c4ccc(F)cc4F)CCC3)[C@H]1CC2. The predicted molar refractivity (Wildman–Crippen MR) is 126 cm³/mol. The summed E-state index contributed by atoms with van der Waals surface area (Å²) >= 11 is 6.34. The van der Waals surface area contributed by atoms with Gasteiger partial charge in [-0.15, -0.1) is 0 Å². The number of aliphatic hydroxyl groups is 2. The molecule has 2 aromatic rings. The van der Waals surface area contributed by atoms with Gasteiger partial charge in [0.05, 0.1) is 22.8 Å². The van der Waals surface area contributed by atoms with Crippen LogP contribution >= 0.6 is 11.6 Å². The second kappa shape index (κ2) is 9.19. The number of hydrogen-bond acceptors (Lipinski definition) is 4. The van der Waals surface area contributed by atoms with Crippen LogP contribution in [0.2, 0.25) is 5.02 Å². The smallest absolute Gasteiger partial charge is 0.337 e. The Kier molecular flexibility index (Phi) is 6.36. The van der Waals surface area contributed by atoms with E-state index in [0.717, 1.165) is 18.1 Å². The Hall–Kier alpha value is -2.48. The van der Waals surface area contributed by atoms with Crippen molar-refractivity contribution in [1.82, 2.24) is 0 Å². The average molecular weight is 505 g/mol. The molecule has 186 valence electrons. The zero-order chi connectivity index (χ0) is 24.9. The van der Waals surface area contributed by atoms with Crippen molar-refractivity contribution < 1.29 is 33.6 Å². The number of halogens is 3. The van der Waals surface area contributed by atoms with E-state index in [4.69, 9.17) is 16.3 Å². The minimum Gasteiger partial charge on any atom is -0.488 e. The van der Waals surface area contributed by atoms with Crippen LogP contribution in [0.3, 0.4) is 0 Å². The van der Waals surface area contributed by atoms with Crippen LogP contribution < -0.4 is 4.74 Å². The van der Waals surface area contributed by atoms with E-state index in [0.29, 0.717) is 43.4 Å². The summed E-state index contributed by atoms with van der Waals surface area (Å²) in [5.74, 6) is -2.45. The molecular weight excluding hydrogens is 478 g/mol. The van der Waals surface area contributed by atoms with Crippen LogP contribution in [-0.2, 0) is 11.8 Å². The Morgan fingerprint density at radius 1 is 1.23 bits per heavy atom. The second-order valence-electron chi connectivity index (χ2n) is 9.92. The Balaban J connectivity index is 1.37. The van der Waals surface area contributed by atoms with Crippen LogP contribution in [0.5, 0.6) is 5.75 Å². The summed E-state index contributed by atoms with van der Waals surface area (Å²) in [6.45, 7) is 0. The first-order chi connectivity index (χ1) is 16.7. The molecule has 0 bridgehead atoms. The third-order valence-corrected chi connectivity index (χ3v) is 8.49. The molecule has 0 amide bonds. The van der Waals surface area contributed by atoms with E-state index in [9.17, 15) is 28.9 Å². The van der Waals surface area contributed by atoms with Gasteiger partial charge in [-0.3, -0.25) is 0 Å². The first-order valence-electron chi connectivity index (χ1n) is 11.9. The summed E-state index contributed by atoms with van der Waals surface area (Å²) in [6, 6.07) is 6.66. The molecule has 2 aliphatic carbocycles. The third-order valence-electron chi connectivity index (χ3n) is 8.11. The van der Waals surface area contributed by atoms with Crippen molar-refractivity contribution in [3.8, 4) is 5.75 Å². The topological polar surface area (TPSA) is 87.0 Å². The van der Waals surface area contributed by atoms with E-state index < -0.39 is 35.2 Å². The lowest BCUT2D eigenvalue weighted by Crippen LogP contribution is -2.45. The minimum atomic E-state index is -1.13. The molecule has 5 atom stereocenters. The number of aromatic carboxylic acids is 1. The number of ether oxygens (including phenoxy) is 1. The summed E-state index contributed by atoms with van der Waals surface area (Å²) < 4.78 is 34.2. The molecular formula is C27H27ClF2O5. The molecule has 1 unspecified atom stereocenters. The van der Waals surface area contributed by atoms with Gasteiger partial charge in [-0.25, -0.2) is 13.6 Å². The molecule has 5 nitrogen and oxygen atoms in total. The van der Waals surface area contributed by atoms with Gasteiger partial charge in [0.2, 0.25) is 0 Å². The van der Waals surface area contributed by atoms with Crippen molar-refractivity contribution in [1.29, 1.82) is 0 Å². The van der Waals surface area contributed by atoms with Crippen molar-refractivity contribution in [2.24, 2.45) is 11.8 Å². The molecule has 0 spiro atoms. The molecule has 0 aromatic heterocycles. The Bertz CT molecular complexity index is 1180. The van der Waals surface area contributed by atoms with E-state index in [-0.39, 0.29) is 28.5 Å². The normalized spacial score (nSPS) is 27.9. The molecule has 8 heteroatoms. The summed E-state index contributed by atoms with van der Waals surface area (Å²) in [7, 11) is 0. The van der Waals surface area contributed by atoms with Crippen LogP contribution in [0.1, 0.15) is 53.6 Å². The fourth-order valence-corrected chi connectivity index (χ4v) is 6.35. The van der Waals surface area contributed by atoms with Crippen molar-refractivity contribution >= 4 is 17.6 Å².